The Morgan fingerprint density at radius 2 is 1.71 bits per heavy atom. The summed E-state index contributed by atoms with van der Waals surface area (Å²) >= 11 is 0. The minimum Gasteiger partial charge on any atom is -0.322 e. The second kappa shape index (κ2) is 7.56. The summed E-state index contributed by atoms with van der Waals surface area (Å²) in [5, 5.41) is 4.78. The lowest BCUT2D eigenvalue weighted by Gasteiger charge is -2.19. The van der Waals surface area contributed by atoms with E-state index in [-0.39, 0.29) is 0 Å². The number of aromatic nitrogens is 3. The summed E-state index contributed by atoms with van der Waals surface area (Å²) in [6.45, 7) is 2.08. The Balaban J connectivity index is 1.46. The SMILES string of the molecule is C=S(=C)(Nc1ccnc2cc(-c3ccc(C)cc3)nn12)c1ccc(C2=CN=CC2)cc1. The molecule has 4 aromatic rings. The van der Waals surface area contributed by atoms with Crippen LogP contribution in [0.3, 0.4) is 0 Å². The summed E-state index contributed by atoms with van der Waals surface area (Å²) in [7, 11) is -1.80. The largest absolute Gasteiger partial charge is 0.322 e. The molecule has 5 nitrogen and oxygen atoms in total. The Labute approximate surface area is 182 Å². The highest BCUT2D eigenvalue weighted by Gasteiger charge is 2.11. The van der Waals surface area contributed by atoms with Crippen molar-refractivity contribution in [1.82, 2.24) is 14.6 Å². The third kappa shape index (κ3) is 3.78. The van der Waals surface area contributed by atoms with E-state index in [9.17, 15) is 0 Å². The Bertz CT molecular complexity index is 1420. The second-order valence-electron chi connectivity index (χ2n) is 7.70. The summed E-state index contributed by atoms with van der Waals surface area (Å²) in [5.74, 6) is 9.63. The number of rotatable bonds is 5. The van der Waals surface area contributed by atoms with Gasteiger partial charge in [-0.05, 0) is 36.3 Å². The smallest absolute Gasteiger partial charge is 0.157 e. The molecule has 1 N–H and O–H groups in total. The zero-order valence-electron chi connectivity index (χ0n) is 17.3. The number of anilines is 1. The van der Waals surface area contributed by atoms with E-state index in [1.807, 2.05) is 29.1 Å². The van der Waals surface area contributed by atoms with E-state index < -0.39 is 9.39 Å². The molecule has 0 saturated heterocycles. The molecule has 0 aliphatic carbocycles. The van der Waals surface area contributed by atoms with Crippen LogP contribution in [0.15, 0.2) is 82.9 Å². The van der Waals surface area contributed by atoms with Crippen LogP contribution >= 0.6 is 9.39 Å². The lowest BCUT2D eigenvalue weighted by Crippen LogP contribution is -2.03. The first kappa shape index (κ1) is 19.3. The molecule has 0 amide bonds. The van der Waals surface area contributed by atoms with Gasteiger partial charge in [0.1, 0.15) is 5.82 Å². The average molecular weight is 426 g/mol. The summed E-state index contributed by atoms with van der Waals surface area (Å²) in [5.41, 5.74) is 6.34. The fourth-order valence-electron chi connectivity index (χ4n) is 3.57. The molecular formula is C25H23N5S. The monoisotopic (exact) mass is 425 g/mol. The summed E-state index contributed by atoms with van der Waals surface area (Å²) in [6.07, 6.45) is 6.50. The highest BCUT2D eigenvalue weighted by molar-refractivity contribution is 8.28. The molecule has 2 aromatic heterocycles. The van der Waals surface area contributed by atoms with Gasteiger partial charge in [-0.25, -0.2) is 4.98 Å². The third-order valence-electron chi connectivity index (χ3n) is 5.33. The number of allylic oxidation sites excluding steroid dienone is 1. The van der Waals surface area contributed by atoms with Gasteiger partial charge >= 0.3 is 0 Å². The highest BCUT2D eigenvalue weighted by atomic mass is 32.2. The highest BCUT2D eigenvalue weighted by Crippen LogP contribution is 2.34. The van der Waals surface area contributed by atoms with Gasteiger partial charge in [-0.3, -0.25) is 4.99 Å². The Hall–Kier alpha value is -3.64. The number of hydrogen-bond acceptors (Lipinski definition) is 4. The number of fused-ring (bicyclic) bond motifs is 1. The first-order valence-corrected chi connectivity index (χ1v) is 12.0. The normalized spacial score (nSPS) is 13.5. The molecule has 3 heterocycles. The molecule has 154 valence electrons. The predicted molar refractivity (Wildman–Crippen MR) is 134 cm³/mol. The molecule has 0 unspecified atom stereocenters. The van der Waals surface area contributed by atoms with Gasteiger partial charge in [0.15, 0.2) is 5.65 Å². The molecule has 0 bridgehead atoms. The summed E-state index contributed by atoms with van der Waals surface area (Å²) in [4.78, 5) is 9.73. The van der Waals surface area contributed by atoms with E-state index in [0.717, 1.165) is 34.0 Å². The number of aliphatic imine (C=N–C) groups is 1. The van der Waals surface area contributed by atoms with Crippen molar-refractivity contribution in [1.29, 1.82) is 0 Å². The fraction of sp³-hybridized carbons (Fsp3) is 0.0800. The Morgan fingerprint density at radius 3 is 2.42 bits per heavy atom. The van der Waals surface area contributed by atoms with Crippen LogP contribution in [-0.4, -0.2) is 32.6 Å². The zero-order valence-corrected chi connectivity index (χ0v) is 18.1. The van der Waals surface area contributed by atoms with Crippen molar-refractivity contribution < 1.29 is 0 Å². The Morgan fingerprint density at radius 1 is 0.968 bits per heavy atom. The molecule has 31 heavy (non-hydrogen) atoms. The molecule has 2 aromatic carbocycles. The number of nitrogens with one attached hydrogen (secondary N) is 1. The molecule has 1 aliphatic rings. The third-order valence-corrected chi connectivity index (χ3v) is 7.10. The van der Waals surface area contributed by atoms with E-state index in [2.05, 4.69) is 81.9 Å². The maximum atomic E-state index is 4.78. The molecule has 0 spiro atoms. The van der Waals surface area contributed by atoms with Gasteiger partial charge in [-0.1, -0.05) is 53.7 Å². The van der Waals surface area contributed by atoms with Gasteiger partial charge < -0.3 is 4.72 Å². The van der Waals surface area contributed by atoms with Crippen LogP contribution in [0.2, 0.25) is 0 Å². The summed E-state index contributed by atoms with van der Waals surface area (Å²) < 4.78 is 5.34. The fourth-order valence-corrected chi connectivity index (χ4v) is 4.90. The topological polar surface area (TPSA) is 54.6 Å². The maximum absolute atomic E-state index is 4.78. The molecule has 0 atom stereocenters. The molecule has 0 radical (unpaired) electrons. The first-order valence-electron chi connectivity index (χ1n) is 10.00. The zero-order chi connectivity index (χ0) is 21.4. The van der Waals surface area contributed by atoms with E-state index in [1.54, 1.807) is 6.20 Å². The standard InChI is InChI=1S/C25H23N5S/c1-18-4-6-20(7-5-18)23-16-25-27-15-13-24(30(25)28-23)29-31(2,3)22-10-8-19(9-11-22)21-12-14-26-17-21/h4-11,13-17,29H,2-3,12H2,1H3. The van der Waals surface area contributed by atoms with E-state index >= 15 is 0 Å². The van der Waals surface area contributed by atoms with Gasteiger partial charge in [0, 0.05) is 41.6 Å². The minimum atomic E-state index is -1.80. The van der Waals surface area contributed by atoms with Gasteiger partial charge in [0.25, 0.3) is 0 Å². The van der Waals surface area contributed by atoms with Crippen LogP contribution in [0.25, 0.3) is 22.5 Å². The van der Waals surface area contributed by atoms with E-state index in [4.69, 9.17) is 5.10 Å². The summed E-state index contributed by atoms with van der Waals surface area (Å²) in [6, 6.07) is 20.6. The van der Waals surface area contributed by atoms with Crippen LogP contribution in [0.5, 0.6) is 0 Å². The van der Waals surface area contributed by atoms with Crippen molar-refractivity contribution in [3.05, 3.63) is 84.2 Å². The van der Waals surface area contributed by atoms with Crippen molar-refractivity contribution in [3.63, 3.8) is 0 Å². The van der Waals surface area contributed by atoms with Crippen molar-refractivity contribution in [2.45, 2.75) is 18.2 Å². The number of hydrogen-bond donors (Lipinski definition) is 1. The van der Waals surface area contributed by atoms with Crippen molar-refractivity contribution in [2.24, 2.45) is 4.99 Å². The minimum absolute atomic E-state index is 0.777. The predicted octanol–water partition coefficient (Wildman–Crippen LogP) is 5.57. The lowest BCUT2D eigenvalue weighted by atomic mass is 10.1. The van der Waals surface area contributed by atoms with Crippen molar-refractivity contribution in [2.75, 3.05) is 4.72 Å². The Kier molecular flexibility index (Phi) is 4.71. The van der Waals surface area contributed by atoms with Crippen molar-refractivity contribution >= 4 is 44.4 Å². The van der Waals surface area contributed by atoms with Gasteiger partial charge in [-0.15, -0.1) is 9.39 Å². The van der Waals surface area contributed by atoms with Crippen LogP contribution in [0.4, 0.5) is 5.82 Å². The number of aryl methyl sites for hydroxylation is 1. The molecule has 0 fully saturated rings. The van der Waals surface area contributed by atoms with Gasteiger partial charge in [-0.2, -0.15) is 9.61 Å². The van der Waals surface area contributed by atoms with Crippen molar-refractivity contribution in [3.8, 4) is 11.3 Å². The second-order valence-corrected chi connectivity index (χ2v) is 10.1. The number of nitrogens with zero attached hydrogens (tertiary/aromatic N) is 4. The molecule has 1 aliphatic heterocycles. The maximum Gasteiger partial charge on any atom is 0.157 e. The van der Waals surface area contributed by atoms with Crippen LogP contribution in [0, 0.1) is 6.92 Å². The first-order chi connectivity index (χ1) is 15.0. The van der Waals surface area contributed by atoms with E-state index in [1.165, 1.54) is 16.7 Å². The quantitative estimate of drug-likeness (QED) is 0.425. The van der Waals surface area contributed by atoms with Gasteiger partial charge in [0.05, 0.1) is 5.69 Å². The van der Waals surface area contributed by atoms with Crippen LogP contribution in [-0.2, 0) is 0 Å². The molecule has 5 rings (SSSR count). The lowest BCUT2D eigenvalue weighted by molar-refractivity contribution is 0.956. The molecule has 0 saturated carbocycles. The molecular weight excluding hydrogens is 402 g/mol. The average Bonchev–Trinajstić information content (AvgIpc) is 3.45. The van der Waals surface area contributed by atoms with Crippen LogP contribution < -0.4 is 4.72 Å². The number of benzene rings is 2. The van der Waals surface area contributed by atoms with Gasteiger partial charge in [0.2, 0.25) is 0 Å². The van der Waals surface area contributed by atoms with Crippen LogP contribution in [0.1, 0.15) is 17.5 Å². The van der Waals surface area contributed by atoms with E-state index in [0.29, 0.717) is 0 Å². The molecule has 6 heteroatoms.